The molecule has 4 rings (SSSR count). The maximum absolute atomic E-state index is 12.1. The van der Waals surface area contributed by atoms with Crippen molar-refractivity contribution in [1.29, 1.82) is 0 Å². The number of nitrogens with one attached hydrogen (secondary N) is 1. The number of thiophene rings is 1. The average molecular weight is 408 g/mol. The van der Waals surface area contributed by atoms with Crippen molar-refractivity contribution in [3.05, 3.63) is 63.7 Å². The number of carbonyl (C=O) groups excluding carboxylic acids is 1. The molecule has 0 spiro atoms. The molecule has 0 bridgehead atoms. The predicted molar refractivity (Wildman–Crippen MR) is 115 cm³/mol. The molecular weight excluding hydrogens is 382 g/mol. The third-order valence-corrected chi connectivity index (χ3v) is 6.02. The molecule has 1 aliphatic rings. The molecule has 0 saturated carbocycles. The molecule has 3 aromatic rings. The number of carbonyl (C=O) groups is 1. The first-order chi connectivity index (χ1) is 14.1. The van der Waals surface area contributed by atoms with Gasteiger partial charge < -0.3 is 10.1 Å². The highest BCUT2D eigenvalue weighted by Gasteiger charge is 2.24. The van der Waals surface area contributed by atoms with Crippen LogP contribution >= 0.6 is 11.3 Å². The smallest absolute Gasteiger partial charge is 0.220 e. The predicted octanol–water partition coefficient (Wildman–Crippen LogP) is 4.26. The number of hydrogen-bond acceptors (Lipinski definition) is 5. The summed E-state index contributed by atoms with van der Waals surface area (Å²) in [4.78, 5) is 22.5. The molecule has 2 aromatic heterocycles. The Labute approximate surface area is 175 Å². The van der Waals surface area contributed by atoms with Crippen LogP contribution in [0.5, 0.6) is 5.75 Å². The molecule has 29 heavy (non-hydrogen) atoms. The summed E-state index contributed by atoms with van der Waals surface area (Å²) in [5.41, 5.74) is 4.94. The lowest BCUT2D eigenvalue weighted by molar-refractivity contribution is -0.121. The van der Waals surface area contributed by atoms with E-state index in [1.807, 2.05) is 32.0 Å². The number of ether oxygens (including phenoxy) is 1. The summed E-state index contributed by atoms with van der Waals surface area (Å²) in [7, 11) is 0. The van der Waals surface area contributed by atoms with E-state index in [2.05, 4.69) is 32.8 Å². The van der Waals surface area contributed by atoms with Crippen molar-refractivity contribution in [3.63, 3.8) is 0 Å². The average Bonchev–Trinajstić information content (AvgIpc) is 3.37. The fourth-order valence-corrected chi connectivity index (χ4v) is 4.34. The van der Waals surface area contributed by atoms with Gasteiger partial charge in [0.05, 0.1) is 23.6 Å². The van der Waals surface area contributed by atoms with Crippen LogP contribution in [0.15, 0.2) is 41.9 Å². The molecule has 0 fully saturated rings. The van der Waals surface area contributed by atoms with Crippen molar-refractivity contribution >= 4 is 17.2 Å². The minimum Gasteiger partial charge on any atom is -0.488 e. The Morgan fingerprint density at radius 2 is 2.21 bits per heavy atom. The van der Waals surface area contributed by atoms with E-state index in [1.165, 1.54) is 4.88 Å². The molecule has 0 unspecified atom stereocenters. The van der Waals surface area contributed by atoms with Crippen molar-refractivity contribution in [3.8, 4) is 17.0 Å². The van der Waals surface area contributed by atoms with Crippen LogP contribution in [0.1, 0.15) is 34.7 Å². The molecule has 3 heterocycles. The summed E-state index contributed by atoms with van der Waals surface area (Å²) in [6.07, 6.45) is 4.93. The van der Waals surface area contributed by atoms with Gasteiger partial charge >= 0.3 is 0 Å². The van der Waals surface area contributed by atoms with E-state index in [-0.39, 0.29) is 12.0 Å². The van der Waals surface area contributed by atoms with Crippen LogP contribution in [-0.4, -0.2) is 28.5 Å². The summed E-state index contributed by atoms with van der Waals surface area (Å²) in [6.45, 7) is 4.46. The number of benzene rings is 1. The molecule has 0 aliphatic carbocycles. The van der Waals surface area contributed by atoms with E-state index in [0.29, 0.717) is 13.0 Å². The largest absolute Gasteiger partial charge is 0.488 e. The van der Waals surface area contributed by atoms with E-state index in [1.54, 1.807) is 17.5 Å². The quantitative estimate of drug-likeness (QED) is 0.635. The van der Waals surface area contributed by atoms with E-state index in [9.17, 15) is 4.79 Å². The van der Waals surface area contributed by atoms with Crippen LogP contribution in [0.25, 0.3) is 11.3 Å². The maximum Gasteiger partial charge on any atom is 0.220 e. The summed E-state index contributed by atoms with van der Waals surface area (Å²) >= 11 is 1.74. The van der Waals surface area contributed by atoms with Gasteiger partial charge in [-0.25, -0.2) is 4.98 Å². The van der Waals surface area contributed by atoms with Crippen molar-refractivity contribution < 1.29 is 9.53 Å². The van der Waals surface area contributed by atoms with Gasteiger partial charge in [0.25, 0.3) is 0 Å². The van der Waals surface area contributed by atoms with Crippen LogP contribution in [0.3, 0.4) is 0 Å². The molecular formula is C23H25N3O2S. The molecule has 150 valence electrons. The summed E-state index contributed by atoms with van der Waals surface area (Å²) in [5.74, 6) is 0.983. The van der Waals surface area contributed by atoms with Gasteiger partial charge in [-0.15, -0.1) is 11.3 Å². The number of aryl methyl sites for hydroxylation is 3. The first-order valence-corrected chi connectivity index (χ1v) is 10.9. The van der Waals surface area contributed by atoms with Gasteiger partial charge in [-0.2, -0.15) is 0 Å². The Bertz CT molecular complexity index is 1000. The van der Waals surface area contributed by atoms with Gasteiger partial charge in [0.2, 0.25) is 5.91 Å². The molecule has 0 radical (unpaired) electrons. The highest BCUT2D eigenvalue weighted by Crippen LogP contribution is 2.33. The van der Waals surface area contributed by atoms with Gasteiger partial charge in [-0.3, -0.25) is 9.78 Å². The topological polar surface area (TPSA) is 64.1 Å². The first kappa shape index (κ1) is 19.6. The first-order valence-electron chi connectivity index (χ1n) is 9.98. The second kappa shape index (κ2) is 8.74. The highest BCUT2D eigenvalue weighted by atomic mass is 32.1. The number of aromatic nitrogens is 2. The fourth-order valence-electron chi connectivity index (χ4n) is 3.59. The lowest BCUT2D eigenvalue weighted by Crippen LogP contribution is -2.34. The molecule has 0 saturated heterocycles. The fraction of sp³-hybridized carbons (Fsp3) is 0.348. The van der Waals surface area contributed by atoms with Crippen LogP contribution < -0.4 is 10.1 Å². The van der Waals surface area contributed by atoms with Crippen molar-refractivity contribution in [2.75, 3.05) is 6.54 Å². The van der Waals surface area contributed by atoms with Crippen molar-refractivity contribution in [2.45, 2.75) is 45.6 Å². The Kier molecular flexibility index (Phi) is 5.90. The zero-order valence-electron chi connectivity index (χ0n) is 16.8. The minimum atomic E-state index is -0.0220. The lowest BCUT2D eigenvalue weighted by Gasteiger charge is -2.11. The second-order valence-corrected chi connectivity index (χ2v) is 8.48. The van der Waals surface area contributed by atoms with Crippen molar-refractivity contribution in [1.82, 2.24) is 15.3 Å². The highest BCUT2D eigenvalue weighted by molar-refractivity contribution is 7.09. The molecule has 6 heteroatoms. The number of nitrogens with zero attached hydrogens (tertiary/aromatic N) is 2. The van der Waals surface area contributed by atoms with Gasteiger partial charge in [0.1, 0.15) is 11.9 Å². The Morgan fingerprint density at radius 3 is 3.03 bits per heavy atom. The molecule has 1 atom stereocenters. The lowest BCUT2D eigenvalue weighted by atomic mass is 10.0. The standard InChI is InChI=1S/C23H25N3O2S/c1-15-13-24-16(2)23(26-15)17-8-9-21-18(11-17)12-19(28-21)14-25-22(27)7-3-5-20-6-4-10-29-20/h4,6,8-11,13,19H,3,5,7,12,14H2,1-2H3,(H,25,27)/t19-/m0/s1. The Morgan fingerprint density at radius 1 is 1.31 bits per heavy atom. The molecule has 1 N–H and O–H groups in total. The van der Waals surface area contributed by atoms with E-state index in [0.717, 1.165) is 53.2 Å². The summed E-state index contributed by atoms with van der Waals surface area (Å²) in [5, 5.41) is 5.09. The second-order valence-electron chi connectivity index (χ2n) is 7.45. The number of rotatable bonds is 7. The normalized spacial score (nSPS) is 15.0. The monoisotopic (exact) mass is 407 g/mol. The Hall–Kier alpha value is -2.73. The molecule has 5 nitrogen and oxygen atoms in total. The number of fused-ring (bicyclic) bond motifs is 1. The van der Waals surface area contributed by atoms with Gasteiger partial charge in [0.15, 0.2) is 0 Å². The number of hydrogen-bond donors (Lipinski definition) is 1. The van der Waals surface area contributed by atoms with Gasteiger partial charge in [-0.1, -0.05) is 6.07 Å². The van der Waals surface area contributed by atoms with Crippen LogP contribution in [0, 0.1) is 13.8 Å². The summed E-state index contributed by atoms with van der Waals surface area (Å²) in [6, 6.07) is 10.3. The van der Waals surface area contributed by atoms with Crippen LogP contribution in [0.4, 0.5) is 0 Å². The zero-order chi connectivity index (χ0) is 20.2. The third kappa shape index (κ3) is 4.82. The SMILES string of the molecule is Cc1cnc(C)c(-c2ccc3c(c2)C[C@@H](CNC(=O)CCCc2cccs2)O3)n1. The van der Waals surface area contributed by atoms with Crippen LogP contribution in [-0.2, 0) is 17.6 Å². The molecule has 1 amide bonds. The zero-order valence-corrected chi connectivity index (χ0v) is 17.6. The van der Waals surface area contributed by atoms with Gasteiger partial charge in [-0.05, 0) is 61.9 Å². The van der Waals surface area contributed by atoms with E-state index < -0.39 is 0 Å². The molecule has 1 aromatic carbocycles. The van der Waals surface area contributed by atoms with Crippen LogP contribution in [0.2, 0.25) is 0 Å². The molecule has 1 aliphatic heterocycles. The van der Waals surface area contributed by atoms with E-state index in [4.69, 9.17) is 4.74 Å². The van der Waals surface area contributed by atoms with E-state index >= 15 is 0 Å². The third-order valence-electron chi connectivity index (χ3n) is 5.09. The summed E-state index contributed by atoms with van der Waals surface area (Å²) < 4.78 is 6.02. The Balaban J connectivity index is 1.30. The minimum absolute atomic E-state index is 0.0220. The number of amides is 1. The maximum atomic E-state index is 12.1. The van der Waals surface area contributed by atoms with Crippen molar-refractivity contribution in [2.24, 2.45) is 0 Å². The van der Waals surface area contributed by atoms with Gasteiger partial charge in [0, 0.05) is 29.5 Å².